The van der Waals surface area contributed by atoms with Crippen LogP contribution in [0.3, 0.4) is 0 Å². The predicted octanol–water partition coefficient (Wildman–Crippen LogP) is 1.18. The number of rotatable bonds is 3. The largest absolute Gasteiger partial charge is 0.441 e. The van der Waals surface area contributed by atoms with Gasteiger partial charge in [-0.05, 0) is 30.4 Å². The van der Waals surface area contributed by atoms with Crippen LogP contribution in [0.1, 0.15) is 0 Å². The van der Waals surface area contributed by atoms with Crippen molar-refractivity contribution in [2.45, 2.75) is 6.10 Å². The van der Waals surface area contributed by atoms with Gasteiger partial charge in [0.1, 0.15) is 11.9 Å². The number of aliphatic hydroxyl groups is 1. The number of hydrogen-bond acceptors (Lipinski definition) is 4. The maximum atomic E-state index is 14.4. The van der Waals surface area contributed by atoms with Crippen molar-refractivity contribution in [2.75, 3.05) is 43.1 Å². The van der Waals surface area contributed by atoms with E-state index in [1.54, 1.807) is 17.0 Å². The molecule has 1 amide bonds. The molecule has 118 valence electrons. The SMILES string of the molecule is CN1CCN(c2ccc(N3CC(CO)OC3=O)cc2F)C1=S. The summed E-state index contributed by atoms with van der Waals surface area (Å²) in [6.45, 7) is 1.33. The number of aliphatic hydroxyl groups excluding tert-OH is 1. The standard InChI is InChI=1S/C14H16FN3O3S/c1-16-4-5-17(13(16)22)12-3-2-9(6-11(12)15)18-7-10(8-19)21-14(18)20/h2-3,6,10,19H,4-5,7-8H2,1H3. The number of cyclic esters (lactones) is 1. The summed E-state index contributed by atoms with van der Waals surface area (Å²) in [6.07, 6.45) is -1.15. The third-order valence-corrected chi connectivity index (χ3v) is 4.36. The van der Waals surface area contributed by atoms with Gasteiger partial charge in [-0.2, -0.15) is 0 Å². The molecule has 8 heteroatoms. The van der Waals surface area contributed by atoms with Crippen molar-refractivity contribution in [1.29, 1.82) is 0 Å². The van der Waals surface area contributed by atoms with E-state index in [2.05, 4.69) is 0 Å². The minimum absolute atomic E-state index is 0.207. The van der Waals surface area contributed by atoms with Crippen LogP contribution in [-0.4, -0.2) is 60.6 Å². The molecule has 1 atom stereocenters. The molecular formula is C14H16FN3O3S. The van der Waals surface area contributed by atoms with Crippen molar-refractivity contribution in [2.24, 2.45) is 0 Å². The van der Waals surface area contributed by atoms with E-state index in [0.717, 1.165) is 6.54 Å². The molecule has 22 heavy (non-hydrogen) atoms. The molecule has 2 aliphatic heterocycles. The van der Waals surface area contributed by atoms with E-state index in [0.29, 0.717) is 23.0 Å². The summed E-state index contributed by atoms with van der Waals surface area (Å²) in [6, 6.07) is 4.55. The van der Waals surface area contributed by atoms with Gasteiger partial charge in [0, 0.05) is 20.1 Å². The van der Waals surface area contributed by atoms with Gasteiger partial charge in [-0.3, -0.25) is 4.90 Å². The summed E-state index contributed by atoms with van der Waals surface area (Å²) in [4.78, 5) is 16.6. The molecule has 0 aromatic heterocycles. The van der Waals surface area contributed by atoms with Gasteiger partial charge in [-0.15, -0.1) is 0 Å². The Balaban J connectivity index is 1.84. The Morgan fingerprint density at radius 3 is 2.73 bits per heavy atom. The number of anilines is 2. The molecule has 1 aromatic carbocycles. The maximum absolute atomic E-state index is 14.4. The number of thiocarbonyl (C=S) groups is 1. The van der Waals surface area contributed by atoms with E-state index in [4.69, 9.17) is 22.1 Å². The second kappa shape index (κ2) is 5.69. The average Bonchev–Trinajstić information content (AvgIpc) is 3.03. The lowest BCUT2D eigenvalue weighted by Crippen LogP contribution is -2.30. The van der Waals surface area contributed by atoms with Crippen LogP contribution in [0.25, 0.3) is 0 Å². The molecule has 2 aliphatic rings. The highest BCUT2D eigenvalue weighted by atomic mass is 32.1. The summed E-state index contributed by atoms with van der Waals surface area (Å²) >= 11 is 5.27. The number of benzene rings is 1. The molecular weight excluding hydrogens is 309 g/mol. The first kappa shape index (κ1) is 15.0. The molecule has 2 heterocycles. The number of halogens is 1. The molecule has 2 fully saturated rings. The van der Waals surface area contributed by atoms with E-state index in [1.807, 2.05) is 11.9 Å². The van der Waals surface area contributed by atoms with Crippen LogP contribution >= 0.6 is 12.2 Å². The van der Waals surface area contributed by atoms with E-state index in [9.17, 15) is 9.18 Å². The first-order chi connectivity index (χ1) is 10.5. The van der Waals surface area contributed by atoms with Crippen molar-refractivity contribution in [3.63, 3.8) is 0 Å². The summed E-state index contributed by atoms with van der Waals surface area (Å²) in [5.41, 5.74) is 0.796. The molecule has 6 nitrogen and oxygen atoms in total. The average molecular weight is 325 g/mol. The summed E-state index contributed by atoms with van der Waals surface area (Å²) < 4.78 is 19.4. The van der Waals surface area contributed by atoms with Crippen LogP contribution in [0.5, 0.6) is 0 Å². The van der Waals surface area contributed by atoms with Gasteiger partial charge in [0.2, 0.25) is 0 Å². The minimum atomic E-state index is -0.581. The van der Waals surface area contributed by atoms with Crippen LogP contribution in [0.15, 0.2) is 18.2 Å². The van der Waals surface area contributed by atoms with Crippen molar-refractivity contribution in [1.82, 2.24) is 4.90 Å². The Bertz CT molecular complexity index is 627. The van der Waals surface area contributed by atoms with Crippen LogP contribution in [-0.2, 0) is 4.74 Å². The quantitative estimate of drug-likeness (QED) is 0.842. The number of amides is 1. The number of ether oxygens (including phenoxy) is 1. The first-order valence-electron chi connectivity index (χ1n) is 6.92. The number of carbonyl (C=O) groups excluding carboxylic acids is 1. The Morgan fingerprint density at radius 1 is 1.41 bits per heavy atom. The lowest BCUT2D eigenvalue weighted by molar-refractivity contribution is 0.0963. The highest BCUT2D eigenvalue weighted by Gasteiger charge is 2.33. The van der Waals surface area contributed by atoms with Gasteiger partial charge in [-0.25, -0.2) is 9.18 Å². The lowest BCUT2D eigenvalue weighted by Gasteiger charge is -2.21. The third kappa shape index (κ3) is 2.48. The smallest absolute Gasteiger partial charge is 0.414 e. The third-order valence-electron chi connectivity index (χ3n) is 3.83. The molecule has 0 saturated carbocycles. The van der Waals surface area contributed by atoms with Crippen LogP contribution in [0, 0.1) is 5.82 Å². The van der Waals surface area contributed by atoms with Gasteiger partial charge in [0.15, 0.2) is 5.11 Å². The van der Waals surface area contributed by atoms with Gasteiger partial charge in [-0.1, -0.05) is 0 Å². The second-order valence-electron chi connectivity index (χ2n) is 5.29. The highest BCUT2D eigenvalue weighted by molar-refractivity contribution is 7.80. The zero-order chi connectivity index (χ0) is 15.9. The fourth-order valence-electron chi connectivity index (χ4n) is 2.58. The first-order valence-corrected chi connectivity index (χ1v) is 7.33. The van der Waals surface area contributed by atoms with Crippen molar-refractivity contribution < 1.29 is 19.0 Å². The number of nitrogens with zero attached hydrogens (tertiary/aromatic N) is 3. The summed E-state index contributed by atoms with van der Waals surface area (Å²) in [5.74, 6) is -0.449. The van der Waals surface area contributed by atoms with Crippen molar-refractivity contribution in [3.8, 4) is 0 Å². The Hall–Kier alpha value is -1.93. The molecule has 0 spiro atoms. The molecule has 2 saturated heterocycles. The second-order valence-corrected chi connectivity index (χ2v) is 5.66. The molecule has 1 unspecified atom stereocenters. The fraction of sp³-hybridized carbons (Fsp3) is 0.429. The van der Waals surface area contributed by atoms with Crippen molar-refractivity contribution in [3.05, 3.63) is 24.0 Å². The van der Waals surface area contributed by atoms with Crippen LogP contribution < -0.4 is 9.80 Å². The Labute approximate surface area is 132 Å². The molecule has 0 aliphatic carbocycles. The molecule has 1 aromatic rings. The zero-order valence-electron chi connectivity index (χ0n) is 12.0. The highest BCUT2D eigenvalue weighted by Crippen LogP contribution is 2.29. The van der Waals surface area contributed by atoms with E-state index in [-0.39, 0.29) is 13.2 Å². The van der Waals surface area contributed by atoms with E-state index in [1.165, 1.54) is 11.0 Å². The number of carbonyl (C=O) groups is 1. The molecule has 0 bridgehead atoms. The maximum Gasteiger partial charge on any atom is 0.414 e. The van der Waals surface area contributed by atoms with Crippen LogP contribution in [0.2, 0.25) is 0 Å². The topological polar surface area (TPSA) is 56.3 Å². The molecule has 1 N–H and O–H groups in total. The Morgan fingerprint density at radius 2 is 2.18 bits per heavy atom. The predicted molar refractivity (Wildman–Crippen MR) is 83.7 cm³/mol. The zero-order valence-corrected chi connectivity index (χ0v) is 12.8. The van der Waals surface area contributed by atoms with Crippen molar-refractivity contribution >= 4 is 34.8 Å². The number of likely N-dealkylation sites (N-methyl/N-ethyl adjacent to an activating group) is 1. The van der Waals surface area contributed by atoms with E-state index < -0.39 is 18.0 Å². The lowest BCUT2D eigenvalue weighted by atomic mass is 10.2. The van der Waals surface area contributed by atoms with Crippen LogP contribution in [0.4, 0.5) is 20.6 Å². The van der Waals surface area contributed by atoms with E-state index >= 15 is 0 Å². The minimum Gasteiger partial charge on any atom is -0.441 e. The Kier molecular flexibility index (Phi) is 3.88. The molecule has 0 radical (unpaired) electrons. The monoisotopic (exact) mass is 325 g/mol. The van der Waals surface area contributed by atoms with Gasteiger partial charge < -0.3 is 19.6 Å². The summed E-state index contributed by atoms with van der Waals surface area (Å²) in [7, 11) is 1.86. The van der Waals surface area contributed by atoms with Gasteiger partial charge in [0.05, 0.1) is 24.5 Å². The number of hydrogen-bond donors (Lipinski definition) is 1. The fourth-order valence-corrected chi connectivity index (χ4v) is 2.86. The summed E-state index contributed by atoms with van der Waals surface area (Å²) in [5, 5.41) is 9.62. The van der Waals surface area contributed by atoms with Gasteiger partial charge >= 0.3 is 6.09 Å². The normalized spacial score (nSPS) is 21.8. The molecule has 3 rings (SSSR count). The van der Waals surface area contributed by atoms with Gasteiger partial charge in [0.25, 0.3) is 0 Å².